The molecule has 0 saturated carbocycles. The summed E-state index contributed by atoms with van der Waals surface area (Å²) in [5, 5.41) is 6.66. The summed E-state index contributed by atoms with van der Waals surface area (Å²) in [6, 6.07) is 10.7. The highest BCUT2D eigenvalue weighted by atomic mass is 16.5. The number of ether oxygens (including phenoxy) is 2. The third-order valence-corrected chi connectivity index (χ3v) is 5.88. The molecule has 0 saturated heterocycles. The van der Waals surface area contributed by atoms with Crippen LogP contribution in [0.2, 0.25) is 0 Å². The van der Waals surface area contributed by atoms with Gasteiger partial charge < -0.3 is 9.47 Å². The maximum absolute atomic E-state index is 12.3. The molecule has 0 unspecified atom stereocenters. The monoisotopic (exact) mass is 450 g/mol. The zero-order valence-electron chi connectivity index (χ0n) is 19.2. The van der Waals surface area contributed by atoms with Crippen molar-refractivity contribution in [3.8, 4) is 17.2 Å². The molecule has 2 amide bonds. The molecule has 174 valence electrons. The normalized spacial score (nSPS) is 12.8. The number of amides is 2. The van der Waals surface area contributed by atoms with Gasteiger partial charge in [-0.3, -0.25) is 5.01 Å². The Balaban J connectivity index is 1.56. The van der Waals surface area contributed by atoms with Gasteiger partial charge in [0.1, 0.15) is 18.1 Å². The van der Waals surface area contributed by atoms with E-state index in [1.807, 2.05) is 23.7 Å². The van der Waals surface area contributed by atoms with Crippen LogP contribution < -0.4 is 26.2 Å². The van der Waals surface area contributed by atoms with E-state index in [1.165, 1.54) is 31.1 Å². The number of hydrogen-bond donors (Lipinski definition) is 2. The second-order valence-corrected chi connectivity index (χ2v) is 8.21. The van der Waals surface area contributed by atoms with Crippen LogP contribution in [0, 0.1) is 6.92 Å². The number of aromatic nitrogens is 2. The molecule has 2 aromatic carbocycles. The maximum atomic E-state index is 12.3. The predicted molar refractivity (Wildman–Crippen MR) is 126 cm³/mol. The summed E-state index contributed by atoms with van der Waals surface area (Å²) in [7, 11) is 2.99. The summed E-state index contributed by atoms with van der Waals surface area (Å²) in [6.07, 6.45) is 6.70. The Labute approximate surface area is 193 Å². The first kappa shape index (κ1) is 22.6. The lowest BCUT2D eigenvalue weighted by Gasteiger charge is -2.24. The fourth-order valence-corrected chi connectivity index (χ4v) is 4.08. The van der Waals surface area contributed by atoms with Crippen LogP contribution in [0.3, 0.4) is 0 Å². The third kappa shape index (κ3) is 4.64. The molecule has 1 aromatic heterocycles. The standard InChI is InChI=1S/C24H30N6O3/c1-16-13-18(29-14-17-7-4-5-8-20(17)27-29)11-12-22(16)33-15-19-21(9-6-10-23(19)32-3)30(26)24(31)28(2)25/h6,9-14H,4-5,7-8,15,25-26H2,1-3H3. The van der Waals surface area contributed by atoms with E-state index in [0.717, 1.165) is 39.9 Å². The largest absolute Gasteiger partial charge is 0.496 e. The predicted octanol–water partition coefficient (Wildman–Crippen LogP) is 3.25. The van der Waals surface area contributed by atoms with Gasteiger partial charge in [0.15, 0.2) is 0 Å². The molecule has 3 aromatic rings. The highest BCUT2D eigenvalue weighted by molar-refractivity contribution is 5.91. The van der Waals surface area contributed by atoms with Gasteiger partial charge in [0.2, 0.25) is 0 Å². The summed E-state index contributed by atoms with van der Waals surface area (Å²) in [5.74, 6) is 12.9. The van der Waals surface area contributed by atoms with Crippen LogP contribution in [-0.2, 0) is 19.4 Å². The number of rotatable bonds is 6. The van der Waals surface area contributed by atoms with Gasteiger partial charge in [-0.2, -0.15) is 5.10 Å². The lowest BCUT2D eigenvalue weighted by atomic mass is 9.99. The molecular formula is C24H30N6O3. The van der Waals surface area contributed by atoms with Crippen LogP contribution >= 0.6 is 0 Å². The number of hydrazine groups is 2. The van der Waals surface area contributed by atoms with Crippen molar-refractivity contribution < 1.29 is 14.3 Å². The molecule has 33 heavy (non-hydrogen) atoms. The number of benzene rings is 2. The molecule has 0 aliphatic heterocycles. The van der Waals surface area contributed by atoms with Crippen molar-refractivity contribution in [2.45, 2.75) is 39.2 Å². The van der Waals surface area contributed by atoms with Gasteiger partial charge in [0, 0.05) is 13.2 Å². The Hall–Kier alpha value is -3.56. The van der Waals surface area contributed by atoms with E-state index >= 15 is 0 Å². The van der Waals surface area contributed by atoms with Crippen molar-refractivity contribution in [2.24, 2.45) is 11.7 Å². The van der Waals surface area contributed by atoms with Crippen molar-refractivity contribution in [1.82, 2.24) is 14.8 Å². The fraction of sp³-hybridized carbons (Fsp3) is 0.333. The zero-order chi connectivity index (χ0) is 23.5. The summed E-state index contributed by atoms with van der Waals surface area (Å²) in [6.45, 7) is 2.15. The highest BCUT2D eigenvalue weighted by Crippen LogP contribution is 2.31. The van der Waals surface area contributed by atoms with Gasteiger partial charge in [0.25, 0.3) is 0 Å². The van der Waals surface area contributed by atoms with Crippen LogP contribution in [0.5, 0.6) is 11.5 Å². The van der Waals surface area contributed by atoms with E-state index in [4.69, 9.17) is 26.3 Å². The number of aryl methyl sites for hydroxylation is 3. The Bertz CT molecular complexity index is 1130. The Morgan fingerprint density at radius 2 is 1.94 bits per heavy atom. The lowest BCUT2D eigenvalue weighted by Crippen LogP contribution is -2.49. The van der Waals surface area contributed by atoms with E-state index < -0.39 is 6.03 Å². The number of methoxy groups -OCH3 is 1. The van der Waals surface area contributed by atoms with Crippen LogP contribution in [0.1, 0.15) is 35.2 Å². The number of fused-ring (bicyclic) bond motifs is 1. The van der Waals surface area contributed by atoms with Crippen molar-refractivity contribution in [2.75, 3.05) is 19.2 Å². The first-order chi connectivity index (χ1) is 15.9. The van der Waals surface area contributed by atoms with Crippen LogP contribution in [0.15, 0.2) is 42.6 Å². The number of anilines is 1. The van der Waals surface area contributed by atoms with Crippen molar-refractivity contribution in [1.29, 1.82) is 0 Å². The van der Waals surface area contributed by atoms with Gasteiger partial charge in [-0.1, -0.05) is 6.07 Å². The third-order valence-electron chi connectivity index (χ3n) is 5.88. The molecule has 0 radical (unpaired) electrons. The molecule has 4 N–H and O–H groups in total. The first-order valence-electron chi connectivity index (χ1n) is 10.9. The van der Waals surface area contributed by atoms with Gasteiger partial charge >= 0.3 is 6.03 Å². The number of urea groups is 1. The van der Waals surface area contributed by atoms with Crippen LogP contribution in [0.4, 0.5) is 10.5 Å². The van der Waals surface area contributed by atoms with Gasteiger partial charge in [-0.05, 0) is 74.1 Å². The molecule has 1 aliphatic carbocycles. The number of nitrogens with zero attached hydrogens (tertiary/aromatic N) is 4. The molecule has 0 fully saturated rings. The zero-order valence-corrected chi connectivity index (χ0v) is 19.2. The van der Waals surface area contributed by atoms with Gasteiger partial charge in [-0.25, -0.2) is 26.2 Å². The summed E-state index contributed by atoms with van der Waals surface area (Å²) >= 11 is 0. The molecule has 9 heteroatoms. The smallest absolute Gasteiger partial charge is 0.352 e. The molecule has 0 bridgehead atoms. The van der Waals surface area contributed by atoms with Crippen LogP contribution in [0.25, 0.3) is 5.69 Å². The van der Waals surface area contributed by atoms with E-state index in [0.29, 0.717) is 17.0 Å². The minimum atomic E-state index is -0.563. The molecule has 4 rings (SSSR count). The summed E-state index contributed by atoms with van der Waals surface area (Å²) in [4.78, 5) is 12.3. The fourth-order valence-electron chi connectivity index (χ4n) is 4.08. The molecule has 0 spiro atoms. The Morgan fingerprint density at radius 3 is 2.64 bits per heavy atom. The topological polar surface area (TPSA) is 112 Å². The average molecular weight is 451 g/mol. The SMILES string of the molecule is COc1cccc(N(N)C(=O)N(C)N)c1COc1ccc(-n2cc3c(n2)CCCC3)cc1C. The van der Waals surface area contributed by atoms with E-state index in [-0.39, 0.29) is 6.61 Å². The van der Waals surface area contributed by atoms with Crippen molar-refractivity contribution in [3.05, 3.63) is 65.0 Å². The molecular weight excluding hydrogens is 420 g/mol. The van der Waals surface area contributed by atoms with Crippen molar-refractivity contribution >= 4 is 11.7 Å². The van der Waals surface area contributed by atoms with Crippen LogP contribution in [-0.4, -0.2) is 35.0 Å². The summed E-state index contributed by atoms with van der Waals surface area (Å²) < 4.78 is 13.6. The lowest BCUT2D eigenvalue weighted by molar-refractivity contribution is 0.216. The van der Waals surface area contributed by atoms with E-state index in [2.05, 4.69) is 12.3 Å². The average Bonchev–Trinajstić information content (AvgIpc) is 3.26. The van der Waals surface area contributed by atoms with Gasteiger partial charge in [0.05, 0.1) is 29.7 Å². The molecule has 1 heterocycles. The quantitative estimate of drug-likeness (QED) is 0.339. The summed E-state index contributed by atoms with van der Waals surface area (Å²) in [5.41, 5.74) is 5.60. The number of nitrogens with two attached hydrogens (primary N) is 2. The highest BCUT2D eigenvalue weighted by Gasteiger charge is 2.21. The first-order valence-corrected chi connectivity index (χ1v) is 10.9. The van der Waals surface area contributed by atoms with E-state index in [9.17, 15) is 4.79 Å². The maximum Gasteiger partial charge on any atom is 0.352 e. The molecule has 9 nitrogen and oxygen atoms in total. The minimum absolute atomic E-state index is 0.158. The van der Waals surface area contributed by atoms with Crippen molar-refractivity contribution in [3.63, 3.8) is 0 Å². The molecule has 1 aliphatic rings. The number of carbonyl (C=O) groups excluding carboxylic acids is 1. The second kappa shape index (κ2) is 9.51. The minimum Gasteiger partial charge on any atom is -0.496 e. The number of carbonyl (C=O) groups is 1. The number of hydrogen-bond acceptors (Lipinski definition) is 6. The Kier molecular flexibility index (Phi) is 6.52. The van der Waals surface area contributed by atoms with Gasteiger partial charge in [-0.15, -0.1) is 0 Å². The van der Waals surface area contributed by atoms with E-state index in [1.54, 1.807) is 25.3 Å². The Morgan fingerprint density at radius 1 is 1.15 bits per heavy atom. The molecule has 0 atom stereocenters. The second-order valence-electron chi connectivity index (χ2n) is 8.21.